The summed E-state index contributed by atoms with van der Waals surface area (Å²) in [5, 5.41) is 3.41. The Labute approximate surface area is 93.1 Å². The number of esters is 1. The largest absolute Gasteiger partial charge is 0.495 e. The van der Waals surface area contributed by atoms with Gasteiger partial charge in [0, 0.05) is 11.8 Å². The molecule has 0 bridgehead atoms. The zero-order valence-electron chi connectivity index (χ0n) is 8.54. The van der Waals surface area contributed by atoms with Gasteiger partial charge in [0.05, 0.1) is 19.2 Å². The van der Waals surface area contributed by atoms with E-state index in [4.69, 9.17) is 16.3 Å². The lowest BCUT2D eigenvalue weighted by Gasteiger charge is -2.08. The average molecular weight is 230 g/mol. The number of benzene rings is 1. The summed E-state index contributed by atoms with van der Waals surface area (Å²) in [4.78, 5) is 10.9. The monoisotopic (exact) mass is 229 g/mol. The van der Waals surface area contributed by atoms with Crippen molar-refractivity contribution in [2.24, 2.45) is 0 Å². The molecule has 0 saturated carbocycles. The first kappa shape index (κ1) is 11.7. The van der Waals surface area contributed by atoms with Crippen molar-refractivity contribution in [2.75, 3.05) is 26.1 Å². The van der Waals surface area contributed by atoms with Gasteiger partial charge >= 0.3 is 5.97 Å². The molecule has 0 fully saturated rings. The molecule has 0 aliphatic rings. The van der Waals surface area contributed by atoms with Crippen LogP contribution >= 0.6 is 11.6 Å². The van der Waals surface area contributed by atoms with Crippen molar-refractivity contribution >= 4 is 23.3 Å². The summed E-state index contributed by atoms with van der Waals surface area (Å²) in [6, 6.07) is 5.17. The molecule has 0 atom stereocenters. The van der Waals surface area contributed by atoms with Crippen LogP contribution in [0.3, 0.4) is 0 Å². The Balaban J connectivity index is 2.66. The van der Waals surface area contributed by atoms with Crippen LogP contribution in [-0.2, 0) is 9.53 Å². The van der Waals surface area contributed by atoms with Crippen LogP contribution in [0.15, 0.2) is 18.2 Å². The smallest absolute Gasteiger partial charge is 0.325 e. The fourth-order valence-corrected chi connectivity index (χ4v) is 1.21. The zero-order valence-corrected chi connectivity index (χ0v) is 9.30. The van der Waals surface area contributed by atoms with Crippen LogP contribution in [0.4, 0.5) is 5.69 Å². The second-order valence-corrected chi connectivity index (χ2v) is 3.19. The van der Waals surface area contributed by atoms with Crippen molar-refractivity contribution in [1.29, 1.82) is 0 Å². The van der Waals surface area contributed by atoms with Gasteiger partial charge in [0.1, 0.15) is 12.3 Å². The summed E-state index contributed by atoms with van der Waals surface area (Å²) in [5.41, 5.74) is 0.752. The lowest BCUT2D eigenvalue weighted by atomic mass is 10.3. The minimum absolute atomic E-state index is 0.112. The van der Waals surface area contributed by atoms with Gasteiger partial charge in [-0.1, -0.05) is 11.6 Å². The van der Waals surface area contributed by atoms with Crippen LogP contribution in [-0.4, -0.2) is 26.7 Å². The molecule has 0 unspecified atom stereocenters. The molecular weight excluding hydrogens is 218 g/mol. The van der Waals surface area contributed by atoms with Crippen LogP contribution in [0, 0.1) is 0 Å². The number of carbonyl (C=O) groups is 1. The molecule has 1 aromatic rings. The number of nitrogens with one attached hydrogen (secondary N) is 1. The van der Waals surface area contributed by atoms with Crippen molar-refractivity contribution in [3.63, 3.8) is 0 Å². The fourth-order valence-electron chi connectivity index (χ4n) is 1.02. The number of rotatable bonds is 4. The van der Waals surface area contributed by atoms with E-state index in [0.29, 0.717) is 10.8 Å². The minimum Gasteiger partial charge on any atom is -0.495 e. The lowest BCUT2D eigenvalue weighted by Crippen LogP contribution is -2.14. The van der Waals surface area contributed by atoms with Gasteiger partial charge in [-0.05, 0) is 12.1 Å². The molecule has 0 amide bonds. The Morgan fingerprint density at radius 3 is 2.80 bits per heavy atom. The average Bonchev–Trinajstić information content (AvgIpc) is 2.27. The van der Waals surface area contributed by atoms with Gasteiger partial charge in [-0.15, -0.1) is 0 Å². The molecule has 0 radical (unpaired) electrons. The van der Waals surface area contributed by atoms with Gasteiger partial charge in [0.2, 0.25) is 0 Å². The summed E-state index contributed by atoms with van der Waals surface area (Å²) < 4.78 is 9.52. The van der Waals surface area contributed by atoms with Gasteiger partial charge in [-0.25, -0.2) is 0 Å². The summed E-state index contributed by atoms with van der Waals surface area (Å²) >= 11 is 5.84. The van der Waals surface area contributed by atoms with E-state index >= 15 is 0 Å². The molecule has 0 heterocycles. The summed E-state index contributed by atoms with van der Waals surface area (Å²) in [6.45, 7) is 0.112. The molecule has 0 aliphatic carbocycles. The Hall–Kier alpha value is -1.42. The van der Waals surface area contributed by atoms with Gasteiger partial charge in [0.25, 0.3) is 0 Å². The maximum atomic E-state index is 10.9. The minimum atomic E-state index is -0.330. The highest BCUT2D eigenvalue weighted by Crippen LogP contribution is 2.27. The number of ether oxygens (including phenoxy) is 2. The molecule has 4 nitrogen and oxygen atoms in total. The number of halogens is 1. The van der Waals surface area contributed by atoms with Crippen molar-refractivity contribution in [3.05, 3.63) is 23.2 Å². The first-order chi connectivity index (χ1) is 7.17. The van der Waals surface area contributed by atoms with E-state index in [9.17, 15) is 4.79 Å². The van der Waals surface area contributed by atoms with Crippen molar-refractivity contribution in [3.8, 4) is 5.75 Å². The lowest BCUT2D eigenvalue weighted by molar-refractivity contribution is -0.138. The Bertz CT molecular complexity index is 355. The van der Waals surface area contributed by atoms with E-state index in [1.165, 1.54) is 14.2 Å². The van der Waals surface area contributed by atoms with Crippen LogP contribution < -0.4 is 10.1 Å². The predicted octanol–water partition coefficient (Wildman–Crippen LogP) is 1.93. The third kappa shape index (κ3) is 3.32. The number of carbonyl (C=O) groups excluding carboxylic acids is 1. The third-order valence-electron chi connectivity index (χ3n) is 1.82. The summed E-state index contributed by atoms with van der Waals surface area (Å²) in [7, 11) is 2.87. The Morgan fingerprint density at radius 2 is 2.20 bits per heavy atom. The van der Waals surface area contributed by atoms with E-state index in [2.05, 4.69) is 10.1 Å². The molecule has 1 aromatic carbocycles. The second kappa shape index (κ2) is 5.46. The number of hydrogen-bond acceptors (Lipinski definition) is 4. The second-order valence-electron chi connectivity index (χ2n) is 2.78. The van der Waals surface area contributed by atoms with Crippen LogP contribution in [0.5, 0.6) is 5.75 Å². The highest BCUT2D eigenvalue weighted by molar-refractivity contribution is 6.32. The van der Waals surface area contributed by atoms with Gasteiger partial charge in [-0.2, -0.15) is 0 Å². The molecule has 82 valence electrons. The molecule has 0 saturated heterocycles. The Morgan fingerprint density at radius 1 is 1.47 bits per heavy atom. The summed E-state index contributed by atoms with van der Waals surface area (Å²) in [5.74, 6) is 0.232. The summed E-state index contributed by atoms with van der Waals surface area (Å²) in [6.07, 6.45) is 0. The molecule has 1 N–H and O–H groups in total. The van der Waals surface area contributed by atoms with Crippen LogP contribution in [0.2, 0.25) is 5.02 Å². The van der Waals surface area contributed by atoms with E-state index in [1.807, 2.05) is 0 Å². The van der Waals surface area contributed by atoms with E-state index < -0.39 is 0 Å². The first-order valence-corrected chi connectivity index (χ1v) is 4.69. The highest BCUT2D eigenvalue weighted by atomic mass is 35.5. The predicted molar refractivity (Wildman–Crippen MR) is 58.5 cm³/mol. The van der Waals surface area contributed by atoms with Gasteiger partial charge < -0.3 is 14.8 Å². The molecule has 1 rings (SSSR count). The van der Waals surface area contributed by atoms with Crippen molar-refractivity contribution < 1.29 is 14.3 Å². The molecular formula is C10H12ClNO3. The molecule has 0 aromatic heterocycles. The molecule has 0 spiro atoms. The standard InChI is InChI=1S/C10H12ClNO3/c1-14-9-5-7(3-4-8(9)11)12-6-10(13)15-2/h3-5,12H,6H2,1-2H3. The van der Waals surface area contributed by atoms with E-state index in [1.54, 1.807) is 18.2 Å². The third-order valence-corrected chi connectivity index (χ3v) is 2.13. The SMILES string of the molecule is COC(=O)CNc1ccc(Cl)c(OC)c1. The van der Waals surface area contributed by atoms with Crippen LogP contribution in [0.1, 0.15) is 0 Å². The van der Waals surface area contributed by atoms with E-state index in [0.717, 1.165) is 5.69 Å². The Kier molecular flexibility index (Phi) is 4.24. The van der Waals surface area contributed by atoms with Crippen molar-refractivity contribution in [2.45, 2.75) is 0 Å². The molecule has 5 heteroatoms. The van der Waals surface area contributed by atoms with Crippen molar-refractivity contribution in [1.82, 2.24) is 0 Å². The molecule has 15 heavy (non-hydrogen) atoms. The normalized spacial score (nSPS) is 9.53. The highest BCUT2D eigenvalue weighted by Gasteiger charge is 2.03. The maximum Gasteiger partial charge on any atom is 0.325 e. The number of hydrogen-bond donors (Lipinski definition) is 1. The number of methoxy groups -OCH3 is 2. The fraction of sp³-hybridized carbons (Fsp3) is 0.300. The quantitative estimate of drug-likeness (QED) is 0.802. The first-order valence-electron chi connectivity index (χ1n) is 4.31. The van der Waals surface area contributed by atoms with Gasteiger partial charge in [0.15, 0.2) is 0 Å². The zero-order chi connectivity index (χ0) is 11.3. The van der Waals surface area contributed by atoms with E-state index in [-0.39, 0.29) is 12.5 Å². The topological polar surface area (TPSA) is 47.6 Å². The molecule has 0 aliphatic heterocycles. The maximum absolute atomic E-state index is 10.9. The van der Waals surface area contributed by atoms with Crippen LogP contribution in [0.25, 0.3) is 0 Å². The number of anilines is 1. The van der Waals surface area contributed by atoms with Gasteiger partial charge in [-0.3, -0.25) is 4.79 Å².